The number of anilines is 1. The molecule has 0 saturated carbocycles. The van der Waals surface area contributed by atoms with Crippen LogP contribution in [0.2, 0.25) is 0 Å². The Balaban J connectivity index is 1.85. The fourth-order valence-electron chi connectivity index (χ4n) is 1.81. The monoisotopic (exact) mass is 256 g/mol. The van der Waals surface area contributed by atoms with E-state index in [-0.39, 0.29) is 6.04 Å². The third kappa shape index (κ3) is 2.17. The Hall–Kier alpha value is -2.01. The zero-order valence-electron chi connectivity index (χ0n) is 9.87. The number of aromatic nitrogens is 3. The molecule has 0 aliphatic rings. The molecule has 0 saturated heterocycles. The molecule has 0 spiro atoms. The number of hydrogen-bond acceptors (Lipinski definition) is 5. The molecule has 1 atom stereocenters. The highest BCUT2D eigenvalue weighted by Crippen LogP contribution is 2.24. The molecule has 4 nitrogen and oxygen atoms in total. The van der Waals surface area contributed by atoms with Crippen LogP contribution in [0.5, 0.6) is 0 Å². The van der Waals surface area contributed by atoms with Crippen molar-refractivity contribution in [2.75, 3.05) is 5.32 Å². The summed E-state index contributed by atoms with van der Waals surface area (Å²) >= 11 is 1.71. The van der Waals surface area contributed by atoms with Crippen molar-refractivity contribution >= 4 is 27.2 Å². The van der Waals surface area contributed by atoms with Crippen LogP contribution in [0.1, 0.15) is 18.5 Å². The van der Waals surface area contributed by atoms with E-state index in [4.69, 9.17) is 0 Å². The van der Waals surface area contributed by atoms with Gasteiger partial charge in [-0.1, -0.05) is 0 Å². The number of rotatable bonds is 3. The fraction of sp³-hybridized carbons (Fsp3) is 0.154. The van der Waals surface area contributed by atoms with E-state index >= 15 is 0 Å². The smallest absolute Gasteiger partial charge is 0.115 e. The van der Waals surface area contributed by atoms with Crippen molar-refractivity contribution in [1.29, 1.82) is 0 Å². The topological polar surface area (TPSA) is 50.7 Å². The number of nitrogens with one attached hydrogen (secondary N) is 1. The number of thiophene rings is 1. The van der Waals surface area contributed by atoms with Gasteiger partial charge in [-0.05, 0) is 30.0 Å². The lowest BCUT2D eigenvalue weighted by Gasteiger charge is -2.14. The first kappa shape index (κ1) is 11.1. The summed E-state index contributed by atoms with van der Waals surface area (Å²) in [6.07, 6.45) is 6.97. The first-order valence-electron chi connectivity index (χ1n) is 5.67. The fourth-order valence-corrected chi connectivity index (χ4v) is 2.59. The van der Waals surface area contributed by atoms with Crippen molar-refractivity contribution in [3.63, 3.8) is 0 Å². The minimum Gasteiger partial charge on any atom is -0.376 e. The van der Waals surface area contributed by atoms with Gasteiger partial charge >= 0.3 is 0 Å². The van der Waals surface area contributed by atoms with Crippen LogP contribution in [0.4, 0.5) is 5.69 Å². The molecule has 90 valence electrons. The molecule has 1 unspecified atom stereocenters. The molecule has 0 radical (unpaired) electrons. The molecule has 3 rings (SSSR count). The van der Waals surface area contributed by atoms with Crippen LogP contribution in [0.3, 0.4) is 0 Å². The molecule has 0 fully saturated rings. The molecule has 0 aromatic carbocycles. The van der Waals surface area contributed by atoms with Crippen LogP contribution in [0.25, 0.3) is 10.2 Å². The summed E-state index contributed by atoms with van der Waals surface area (Å²) in [5.74, 6) is 0. The highest BCUT2D eigenvalue weighted by molar-refractivity contribution is 7.17. The second kappa shape index (κ2) is 4.70. The van der Waals surface area contributed by atoms with Crippen LogP contribution in [-0.2, 0) is 0 Å². The Labute approximate surface area is 109 Å². The molecule has 1 N–H and O–H groups in total. The molecule has 3 aromatic rings. The van der Waals surface area contributed by atoms with Crippen molar-refractivity contribution in [3.8, 4) is 0 Å². The van der Waals surface area contributed by atoms with Gasteiger partial charge < -0.3 is 5.32 Å². The van der Waals surface area contributed by atoms with Gasteiger partial charge in [0.05, 0.1) is 34.3 Å². The molecule has 0 aliphatic carbocycles. The summed E-state index contributed by atoms with van der Waals surface area (Å²) in [5.41, 5.74) is 3.13. The van der Waals surface area contributed by atoms with E-state index < -0.39 is 0 Å². The van der Waals surface area contributed by atoms with E-state index in [1.54, 1.807) is 23.7 Å². The van der Waals surface area contributed by atoms with E-state index in [2.05, 4.69) is 38.6 Å². The van der Waals surface area contributed by atoms with E-state index in [9.17, 15) is 0 Å². The van der Waals surface area contributed by atoms with Crippen LogP contribution >= 0.6 is 11.3 Å². The van der Waals surface area contributed by atoms with Gasteiger partial charge in [0.1, 0.15) is 6.33 Å². The van der Waals surface area contributed by atoms with Gasteiger partial charge in [0.15, 0.2) is 0 Å². The normalized spacial score (nSPS) is 12.5. The third-order valence-electron chi connectivity index (χ3n) is 2.77. The van der Waals surface area contributed by atoms with Gasteiger partial charge in [-0.25, -0.2) is 9.97 Å². The molecular weight excluding hydrogens is 244 g/mol. The molecule has 3 heterocycles. The standard InChI is InChI=1S/C13H12N4S/c1-9(17-11-6-14-8-15-7-11)10-4-13-12(16-5-10)2-3-18-13/h2-9,17H,1H3. The SMILES string of the molecule is CC(Nc1cncnc1)c1cnc2ccsc2c1. The molecule has 0 amide bonds. The summed E-state index contributed by atoms with van der Waals surface area (Å²) in [5, 5.41) is 5.41. The number of fused-ring (bicyclic) bond motifs is 1. The highest BCUT2D eigenvalue weighted by atomic mass is 32.1. The summed E-state index contributed by atoms with van der Waals surface area (Å²) in [4.78, 5) is 12.4. The van der Waals surface area contributed by atoms with Crippen LogP contribution in [0.15, 0.2) is 42.4 Å². The number of pyridine rings is 1. The van der Waals surface area contributed by atoms with E-state index in [0.29, 0.717) is 0 Å². The second-order valence-corrected chi connectivity index (χ2v) is 5.01. The average molecular weight is 256 g/mol. The van der Waals surface area contributed by atoms with Gasteiger partial charge in [0.2, 0.25) is 0 Å². The maximum Gasteiger partial charge on any atom is 0.115 e. The van der Waals surface area contributed by atoms with E-state index in [1.807, 2.05) is 12.3 Å². The second-order valence-electron chi connectivity index (χ2n) is 4.07. The number of hydrogen-bond donors (Lipinski definition) is 1. The molecule has 3 aromatic heterocycles. The van der Waals surface area contributed by atoms with Gasteiger partial charge in [-0.15, -0.1) is 11.3 Å². The molecular formula is C13H12N4S. The minimum absolute atomic E-state index is 0.176. The zero-order valence-corrected chi connectivity index (χ0v) is 10.7. The molecule has 18 heavy (non-hydrogen) atoms. The van der Waals surface area contributed by atoms with Gasteiger partial charge in [-0.2, -0.15) is 0 Å². The van der Waals surface area contributed by atoms with Gasteiger partial charge in [-0.3, -0.25) is 4.98 Å². The summed E-state index contributed by atoms with van der Waals surface area (Å²) < 4.78 is 1.21. The lowest BCUT2D eigenvalue weighted by Crippen LogP contribution is -2.07. The first-order valence-corrected chi connectivity index (χ1v) is 6.55. The third-order valence-corrected chi connectivity index (χ3v) is 3.62. The Morgan fingerprint density at radius 3 is 2.89 bits per heavy atom. The van der Waals surface area contributed by atoms with Crippen molar-refractivity contribution in [3.05, 3.63) is 48.0 Å². The maximum absolute atomic E-state index is 4.44. The largest absolute Gasteiger partial charge is 0.376 e. The van der Waals surface area contributed by atoms with Crippen LogP contribution < -0.4 is 5.32 Å². The maximum atomic E-state index is 4.44. The zero-order chi connectivity index (χ0) is 12.4. The Bertz CT molecular complexity index is 650. The van der Waals surface area contributed by atoms with Gasteiger partial charge in [0, 0.05) is 6.20 Å². The lowest BCUT2D eigenvalue weighted by atomic mass is 10.1. The highest BCUT2D eigenvalue weighted by Gasteiger charge is 2.07. The Kier molecular flexibility index (Phi) is 2.90. The van der Waals surface area contributed by atoms with Crippen LogP contribution in [-0.4, -0.2) is 15.0 Å². The van der Waals surface area contributed by atoms with Gasteiger partial charge in [0.25, 0.3) is 0 Å². The quantitative estimate of drug-likeness (QED) is 0.781. The van der Waals surface area contributed by atoms with E-state index in [0.717, 1.165) is 16.8 Å². The van der Waals surface area contributed by atoms with Crippen molar-refractivity contribution in [2.24, 2.45) is 0 Å². The van der Waals surface area contributed by atoms with Crippen molar-refractivity contribution < 1.29 is 0 Å². The predicted molar refractivity (Wildman–Crippen MR) is 73.7 cm³/mol. The number of nitrogens with zero attached hydrogens (tertiary/aromatic N) is 3. The minimum atomic E-state index is 0.176. The molecule has 0 bridgehead atoms. The molecule has 5 heteroatoms. The summed E-state index contributed by atoms with van der Waals surface area (Å²) in [6, 6.07) is 4.39. The lowest BCUT2D eigenvalue weighted by molar-refractivity contribution is 0.875. The predicted octanol–water partition coefficient (Wildman–Crippen LogP) is 3.26. The average Bonchev–Trinajstić information content (AvgIpc) is 2.87. The van der Waals surface area contributed by atoms with Crippen molar-refractivity contribution in [2.45, 2.75) is 13.0 Å². The summed E-state index contributed by atoms with van der Waals surface area (Å²) in [6.45, 7) is 2.10. The molecule has 0 aliphatic heterocycles. The Morgan fingerprint density at radius 1 is 1.22 bits per heavy atom. The van der Waals surface area contributed by atoms with Crippen molar-refractivity contribution in [1.82, 2.24) is 15.0 Å². The van der Waals surface area contributed by atoms with Crippen LogP contribution in [0, 0.1) is 0 Å². The summed E-state index contributed by atoms with van der Waals surface area (Å²) in [7, 11) is 0. The Morgan fingerprint density at radius 2 is 2.06 bits per heavy atom. The van der Waals surface area contributed by atoms with E-state index in [1.165, 1.54) is 11.0 Å². The first-order chi connectivity index (χ1) is 8.83.